The average molecular weight is 150 g/mol. The topological polar surface area (TPSA) is 87.8 Å². The van der Waals surface area contributed by atoms with Crippen LogP contribution in [0.25, 0.3) is 11.0 Å². The Bertz CT molecular complexity index is 358. The number of nitrogens with one attached hydrogen (secondary N) is 1. The van der Waals surface area contributed by atoms with Gasteiger partial charge in [-0.15, -0.1) is 0 Å². The third-order valence-corrected chi connectivity index (χ3v) is 1.43. The minimum atomic E-state index is -0.0365. The summed E-state index contributed by atoms with van der Waals surface area (Å²) >= 11 is 0. The molecule has 11 heavy (non-hydrogen) atoms. The molecule has 56 valence electrons. The molecule has 5 heteroatoms. The highest BCUT2D eigenvalue weighted by atomic mass is 16.3. The molecular formula is C6H6N4O. The van der Waals surface area contributed by atoms with Crippen molar-refractivity contribution in [2.24, 2.45) is 0 Å². The van der Waals surface area contributed by atoms with Crippen molar-refractivity contribution in [1.82, 2.24) is 15.0 Å². The Morgan fingerprint density at radius 1 is 1.27 bits per heavy atom. The number of nitrogens with two attached hydrogens (primary N) is 1. The van der Waals surface area contributed by atoms with Gasteiger partial charge in [0.15, 0.2) is 5.52 Å². The Balaban J connectivity index is 2.95. The number of hydrogen-bond acceptors (Lipinski definition) is 4. The fraction of sp³-hybridized carbons (Fsp3) is 0. The first-order valence-corrected chi connectivity index (χ1v) is 3.06. The molecule has 5 nitrogen and oxygen atoms in total. The maximum atomic E-state index is 9.15. The van der Waals surface area contributed by atoms with Crippen LogP contribution in [0.2, 0.25) is 0 Å². The van der Waals surface area contributed by atoms with Crippen molar-refractivity contribution in [3.63, 3.8) is 0 Å². The first-order chi connectivity index (χ1) is 5.29. The summed E-state index contributed by atoms with van der Waals surface area (Å²) in [5, 5.41) is 9.15. The van der Waals surface area contributed by atoms with E-state index in [4.69, 9.17) is 10.8 Å². The monoisotopic (exact) mass is 150 g/mol. The van der Waals surface area contributed by atoms with Crippen LogP contribution in [-0.2, 0) is 0 Å². The highest BCUT2D eigenvalue weighted by Gasteiger charge is 2.07. The molecule has 2 aromatic rings. The largest absolute Gasteiger partial charge is 0.493 e. The second-order valence-corrected chi connectivity index (χ2v) is 2.14. The molecule has 0 aliphatic heterocycles. The van der Waals surface area contributed by atoms with Crippen molar-refractivity contribution >= 4 is 16.9 Å². The third kappa shape index (κ3) is 0.706. The number of fused-ring (bicyclic) bond motifs is 1. The molecule has 0 unspecified atom stereocenters. The lowest BCUT2D eigenvalue weighted by Crippen LogP contribution is -1.85. The van der Waals surface area contributed by atoms with Crippen LogP contribution in [0.3, 0.4) is 0 Å². The Morgan fingerprint density at radius 3 is 2.55 bits per heavy atom. The van der Waals surface area contributed by atoms with Gasteiger partial charge >= 0.3 is 0 Å². The number of aromatic hydroxyl groups is 1. The number of nitrogens with zero attached hydrogens (tertiary/aromatic N) is 2. The highest BCUT2D eigenvalue weighted by Crippen LogP contribution is 2.23. The first kappa shape index (κ1) is 5.96. The number of anilines is 1. The van der Waals surface area contributed by atoms with E-state index in [1.54, 1.807) is 0 Å². The van der Waals surface area contributed by atoms with Crippen LogP contribution in [-0.4, -0.2) is 20.1 Å². The summed E-state index contributed by atoms with van der Waals surface area (Å²) in [4.78, 5) is 10.3. The van der Waals surface area contributed by atoms with Crippen LogP contribution in [0.5, 0.6) is 5.88 Å². The van der Waals surface area contributed by atoms with Gasteiger partial charge in [-0.1, -0.05) is 0 Å². The van der Waals surface area contributed by atoms with E-state index in [2.05, 4.69) is 15.0 Å². The van der Waals surface area contributed by atoms with Gasteiger partial charge in [-0.25, -0.2) is 9.97 Å². The molecule has 0 bridgehead atoms. The van der Waals surface area contributed by atoms with Crippen LogP contribution in [0.4, 0.5) is 5.82 Å². The summed E-state index contributed by atoms with van der Waals surface area (Å²) < 4.78 is 0. The molecule has 0 amide bonds. The molecule has 0 saturated carbocycles. The van der Waals surface area contributed by atoms with Gasteiger partial charge in [-0.05, 0) is 0 Å². The fourth-order valence-electron chi connectivity index (χ4n) is 0.954. The maximum Gasteiger partial charge on any atom is 0.218 e. The van der Waals surface area contributed by atoms with Crippen molar-refractivity contribution < 1.29 is 5.11 Å². The highest BCUT2D eigenvalue weighted by molar-refractivity contribution is 5.89. The van der Waals surface area contributed by atoms with Crippen LogP contribution in [0.1, 0.15) is 0 Å². The van der Waals surface area contributed by atoms with Gasteiger partial charge in [0.2, 0.25) is 5.88 Å². The van der Waals surface area contributed by atoms with E-state index >= 15 is 0 Å². The van der Waals surface area contributed by atoms with E-state index in [9.17, 15) is 0 Å². The molecule has 0 spiro atoms. The molecule has 2 aromatic heterocycles. The van der Waals surface area contributed by atoms with Crippen molar-refractivity contribution in [1.29, 1.82) is 0 Å². The van der Waals surface area contributed by atoms with Crippen LogP contribution in [0, 0.1) is 0 Å². The second-order valence-electron chi connectivity index (χ2n) is 2.14. The predicted molar refractivity (Wildman–Crippen MR) is 40.0 cm³/mol. The van der Waals surface area contributed by atoms with Crippen molar-refractivity contribution in [3.8, 4) is 5.88 Å². The summed E-state index contributed by atoms with van der Waals surface area (Å²) in [5.41, 5.74) is 6.37. The summed E-state index contributed by atoms with van der Waals surface area (Å²) in [6.07, 6.45) is 3.02. The van der Waals surface area contributed by atoms with E-state index in [0.29, 0.717) is 16.9 Å². The van der Waals surface area contributed by atoms with Gasteiger partial charge in [0, 0.05) is 12.4 Å². The number of nitrogen functional groups attached to an aromatic ring is 1. The van der Waals surface area contributed by atoms with Crippen LogP contribution in [0.15, 0.2) is 12.4 Å². The first-order valence-electron chi connectivity index (χ1n) is 3.06. The van der Waals surface area contributed by atoms with Gasteiger partial charge < -0.3 is 15.8 Å². The van der Waals surface area contributed by atoms with Crippen LogP contribution < -0.4 is 5.73 Å². The summed E-state index contributed by atoms with van der Waals surface area (Å²) in [6.45, 7) is 0. The van der Waals surface area contributed by atoms with Gasteiger partial charge in [0.1, 0.15) is 11.3 Å². The number of hydrogen-bond donors (Lipinski definition) is 3. The zero-order valence-electron chi connectivity index (χ0n) is 5.57. The van der Waals surface area contributed by atoms with Gasteiger partial charge in [-0.3, -0.25) is 0 Å². The molecule has 0 atom stereocenters. The molecule has 0 aliphatic carbocycles. The molecule has 4 N–H and O–H groups in total. The SMILES string of the molecule is Nc1[nH]c(O)c2nccnc12. The van der Waals surface area contributed by atoms with E-state index in [-0.39, 0.29) is 5.88 Å². The van der Waals surface area contributed by atoms with Crippen molar-refractivity contribution in [2.75, 3.05) is 5.73 Å². The molecule has 0 aromatic carbocycles. The number of aromatic amines is 1. The normalized spacial score (nSPS) is 10.5. The Morgan fingerprint density at radius 2 is 1.91 bits per heavy atom. The van der Waals surface area contributed by atoms with Gasteiger partial charge in [0.05, 0.1) is 0 Å². The Kier molecular flexibility index (Phi) is 1.00. The summed E-state index contributed by atoms with van der Waals surface area (Å²) in [6, 6.07) is 0. The number of H-pyrrole nitrogens is 1. The van der Waals surface area contributed by atoms with Gasteiger partial charge in [0.25, 0.3) is 0 Å². The number of rotatable bonds is 0. The molecule has 0 saturated heterocycles. The lowest BCUT2D eigenvalue weighted by Gasteiger charge is -1.85. The Hall–Kier alpha value is -1.78. The second kappa shape index (κ2) is 1.85. The molecule has 2 rings (SSSR count). The van der Waals surface area contributed by atoms with Gasteiger partial charge in [-0.2, -0.15) is 0 Å². The summed E-state index contributed by atoms with van der Waals surface area (Å²) in [5.74, 6) is 0.302. The van der Waals surface area contributed by atoms with Crippen molar-refractivity contribution in [2.45, 2.75) is 0 Å². The van der Waals surface area contributed by atoms with E-state index < -0.39 is 0 Å². The number of aromatic nitrogens is 3. The molecule has 2 heterocycles. The van der Waals surface area contributed by atoms with E-state index in [1.807, 2.05) is 0 Å². The Labute approximate surface area is 61.9 Å². The molecule has 0 fully saturated rings. The summed E-state index contributed by atoms with van der Waals surface area (Å²) in [7, 11) is 0. The van der Waals surface area contributed by atoms with E-state index in [1.165, 1.54) is 12.4 Å². The molecule has 0 radical (unpaired) electrons. The minimum Gasteiger partial charge on any atom is -0.493 e. The zero-order chi connectivity index (χ0) is 7.84. The fourth-order valence-corrected chi connectivity index (χ4v) is 0.954. The quantitative estimate of drug-likeness (QED) is 0.502. The lowest BCUT2D eigenvalue weighted by atomic mass is 10.4. The van der Waals surface area contributed by atoms with Crippen LogP contribution >= 0.6 is 0 Å². The van der Waals surface area contributed by atoms with Crippen molar-refractivity contribution in [3.05, 3.63) is 12.4 Å². The molecular weight excluding hydrogens is 144 g/mol. The third-order valence-electron chi connectivity index (χ3n) is 1.43. The average Bonchev–Trinajstić information content (AvgIpc) is 2.30. The maximum absolute atomic E-state index is 9.15. The standard InChI is InChI=1S/C6H6N4O/c7-5-3-4(6(11)10-5)9-2-1-8-3/h1-2,10-11H,7H2. The smallest absolute Gasteiger partial charge is 0.218 e. The van der Waals surface area contributed by atoms with E-state index in [0.717, 1.165) is 0 Å². The lowest BCUT2D eigenvalue weighted by molar-refractivity contribution is 0.462. The zero-order valence-corrected chi connectivity index (χ0v) is 5.57. The molecule has 0 aliphatic rings. The predicted octanol–water partition coefficient (Wildman–Crippen LogP) is 0.246. The minimum absolute atomic E-state index is 0.0365.